The minimum Gasteiger partial charge on any atom is -0.356 e. The molecule has 1 N–H and O–H groups in total. The van der Waals surface area contributed by atoms with E-state index in [-0.39, 0.29) is 5.91 Å². The van der Waals surface area contributed by atoms with E-state index in [4.69, 9.17) is 11.6 Å². The summed E-state index contributed by atoms with van der Waals surface area (Å²) in [5.41, 5.74) is 2.96. The molecule has 0 bridgehead atoms. The van der Waals surface area contributed by atoms with E-state index in [1.807, 2.05) is 26.0 Å². The van der Waals surface area contributed by atoms with Crippen LogP contribution in [0.5, 0.6) is 0 Å². The van der Waals surface area contributed by atoms with Crippen molar-refractivity contribution in [2.24, 2.45) is 5.92 Å². The van der Waals surface area contributed by atoms with E-state index in [2.05, 4.69) is 27.1 Å². The van der Waals surface area contributed by atoms with E-state index in [1.165, 1.54) is 6.33 Å². The summed E-state index contributed by atoms with van der Waals surface area (Å²) in [6.07, 6.45) is 3.74. The maximum absolute atomic E-state index is 12.6. The second kappa shape index (κ2) is 7.40. The SMILES string of the molecule is Cc1cc(C)c(NC(=O)c2cc(N3CCC(C)CC3)ncn2)c(Cl)c1. The Balaban J connectivity index is 1.78. The first-order valence-electron chi connectivity index (χ1n) is 8.59. The van der Waals surface area contributed by atoms with Crippen LogP contribution in [0.15, 0.2) is 24.5 Å². The zero-order valence-corrected chi connectivity index (χ0v) is 15.6. The Morgan fingerprint density at radius 1 is 1.20 bits per heavy atom. The fraction of sp³-hybridized carbons (Fsp3) is 0.421. The van der Waals surface area contributed by atoms with Crippen LogP contribution in [0.1, 0.15) is 41.4 Å². The summed E-state index contributed by atoms with van der Waals surface area (Å²) >= 11 is 6.28. The van der Waals surface area contributed by atoms with Gasteiger partial charge in [0.15, 0.2) is 0 Å². The summed E-state index contributed by atoms with van der Waals surface area (Å²) in [6, 6.07) is 5.58. The summed E-state index contributed by atoms with van der Waals surface area (Å²) in [7, 11) is 0. The number of aromatic nitrogens is 2. The van der Waals surface area contributed by atoms with Gasteiger partial charge in [0.2, 0.25) is 0 Å². The van der Waals surface area contributed by atoms with E-state index in [1.54, 1.807) is 6.07 Å². The third-order valence-corrected chi connectivity index (χ3v) is 4.96. The Morgan fingerprint density at radius 3 is 2.60 bits per heavy atom. The number of nitrogens with one attached hydrogen (secondary N) is 1. The van der Waals surface area contributed by atoms with Crippen molar-refractivity contribution in [3.05, 3.63) is 46.4 Å². The molecule has 6 heteroatoms. The molecule has 5 nitrogen and oxygen atoms in total. The molecule has 2 aromatic rings. The van der Waals surface area contributed by atoms with Gasteiger partial charge in [0.25, 0.3) is 5.91 Å². The van der Waals surface area contributed by atoms with Crippen molar-refractivity contribution >= 4 is 29.0 Å². The number of nitrogens with zero attached hydrogens (tertiary/aromatic N) is 3. The molecule has 0 unspecified atom stereocenters. The van der Waals surface area contributed by atoms with Crippen LogP contribution in [0, 0.1) is 19.8 Å². The maximum atomic E-state index is 12.6. The summed E-state index contributed by atoms with van der Waals surface area (Å²) < 4.78 is 0. The van der Waals surface area contributed by atoms with Crippen molar-refractivity contribution in [1.82, 2.24) is 9.97 Å². The molecule has 132 valence electrons. The minimum absolute atomic E-state index is 0.275. The number of rotatable bonds is 3. The molecule has 0 saturated carbocycles. The van der Waals surface area contributed by atoms with Gasteiger partial charge in [0, 0.05) is 19.2 Å². The molecule has 1 fully saturated rings. The Labute approximate surface area is 153 Å². The van der Waals surface area contributed by atoms with Crippen molar-refractivity contribution in [3.8, 4) is 0 Å². The lowest BCUT2D eigenvalue weighted by Crippen LogP contribution is -2.33. The molecule has 0 spiro atoms. The quantitative estimate of drug-likeness (QED) is 0.891. The first-order chi connectivity index (χ1) is 11.9. The molecule has 1 saturated heterocycles. The summed E-state index contributed by atoms with van der Waals surface area (Å²) in [4.78, 5) is 23.3. The van der Waals surface area contributed by atoms with Gasteiger partial charge >= 0.3 is 0 Å². The van der Waals surface area contributed by atoms with Crippen molar-refractivity contribution < 1.29 is 4.79 Å². The normalized spacial score (nSPS) is 15.3. The van der Waals surface area contributed by atoms with Crippen LogP contribution in [0.3, 0.4) is 0 Å². The van der Waals surface area contributed by atoms with Crippen LogP contribution >= 0.6 is 11.6 Å². The first-order valence-corrected chi connectivity index (χ1v) is 8.97. The molecule has 0 aliphatic carbocycles. The van der Waals surface area contributed by atoms with E-state index in [0.717, 1.165) is 48.8 Å². The fourth-order valence-electron chi connectivity index (χ4n) is 3.13. The third kappa shape index (κ3) is 4.10. The number of benzene rings is 1. The smallest absolute Gasteiger partial charge is 0.274 e. The average molecular weight is 359 g/mol. The summed E-state index contributed by atoms with van der Waals surface area (Å²) in [6.45, 7) is 8.09. The molecule has 0 atom stereocenters. The number of anilines is 2. The molecular weight excluding hydrogens is 336 g/mol. The highest BCUT2D eigenvalue weighted by Crippen LogP contribution is 2.28. The van der Waals surface area contributed by atoms with Crippen LogP contribution in [-0.2, 0) is 0 Å². The Morgan fingerprint density at radius 2 is 1.92 bits per heavy atom. The largest absolute Gasteiger partial charge is 0.356 e. The highest BCUT2D eigenvalue weighted by atomic mass is 35.5. The van der Waals surface area contributed by atoms with Gasteiger partial charge in [-0.3, -0.25) is 4.79 Å². The molecule has 1 aliphatic rings. The van der Waals surface area contributed by atoms with Crippen LogP contribution in [-0.4, -0.2) is 29.0 Å². The van der Waals surface area contributed by atoms with Crippen LogP contribution < -0.4 is 10.2 Å². The lowest BCUT2D eigenvalue weighted by molar-refractivity contribution is 0.102. The van der Waals surface area contributed by atoms with Gasteiger partial charge < -0.3 is 10.2 Å². The lowest BCUT2D eigenvalue weighted by atomic mass is 9.99. The standard InChI is InChI=1S/C19H23ClN4O/c1-12-4-6-24(7-5-12)17-10-16(21-11-22-17)19(25)23-18-14(3)8-13(2)9-15(18)20/h8-12H,4-7H2,1-3H3,(H,23,25). The number of carbonyl (C=O) groups is 1. The lowest BCUT2D eigenvalue weighted by Gasteiger charge is -2.31. The van der Waals surface area contributed by atoms with Gasteiger partial charge in [-0.15, -0.1) is 0 Å². The van der Waals surface area contributed by atoms with Crippen molar-refractivity contribution in [2.75, 3.05) is 23.3 Å². The number of piperidine rings is 1. The number of amides is 1. The Bertz CT molecular complexity index is 762. The minimum atomic E-state index is -0.275. The number of carbonyl (C=O) groups excluding carboxylic acids is 1. The Kier molecular flexibility index (Phi) is 5.23. The molecule has 25 heavy (non-hydrogen) atoms. The summed E-state index contributed by atoms with van der Waals surface area (Å²) in [5.74, 6) is 1.27. The zero-order chi connectivity index (χ0) is 18.0. The third-order valence-electron chi connectivity index (χ3n) is 4.66. The Hall–Kier alpha value is -2.14. The second-order valence-electron chi connectivity index (χ2n) is 6.82. The van der Waals surface area contributed by atoms with Crippen molar-refractivity contribution in [3.63, 3.8) is 0 Å². The van der Waals surface area contributed by atoms with Gasteiger partial charge in [-0.1, -0.05) is 24.6 Å². The molecule has 1 amide bonds. The van der Waals surface area contributed by atoms with Gasteiger partial charge in [-0.25, -0.2) is 9.97 Å². The van der Waals surface area contributed by atoms with Gasteiger partial charge in [-0.2, -0.15) is 0 Å². The van der Waals surface area contributed by atoms with E-state index >= 15 is 0 Å². The van der Waals surface area contributed by atoms with Crippen LogP contribution in [0.25, 0.3) is 0 Å². The van der Waals surface area contributed by atoms with E-state index in [9.17, 15) is 4.79 Å². The topological polar surface area (TPSA) is 58.1 Å². The second-order valence-corrected chi connectivity index (χ2v) is 7.23. The van der Waals surface area contributed by atoms with Crippen molar-refractivity contribution in [2.45, 2.75) is 33.6 Å². The van der Waals surface area contributed by atoms with E-state index in [0.29, 0.717) is 16.4 Å². The van der Waals surface area contributed by atoms with Gasteiger partial charge in [-0.05, 0) is 49.8 Å². The van der Waals surface area contributed by atoms with Gasteiger partial charge in [0.05, 0.1) is 10.7 Å². The number of hydrogen-bond donors (Lipinski definition) is 1. The highest BCUT2D eigenvalue weighted by Gasteiger charge is 2.19. The molecule has 3 rings (SSSR count). The van der Waals surface area contributed by atoms with E-state index < -0.39 is 0 Å². The monoisotopic (exact) mass is 358 g/mol. The number of halogens is 1. The molecule has 1 aromatic carbocycles. The maximum Gasteiger partial charge on any atom is 0.274 e. The first kappa shape index (κ1) is 17.7. The predicted molar refractivity (Wildman–Crippen MR) is 102 cm³/mol. The van der Waals surface area contributed by atoms with Gasteiger partial charge in [0.1, 0.15) is 17.8 Å². The molecule has 1 aromatic heterocycles. The molecule has 2 heterocycles. The van der Waals surface area contributed by atoms with Crippen LogP contribution in [0.4, 0.5) is 11.5 Å². The average Bonchev–Trinajstić information content (AvgIpc) is 2.58. The summed E-state index contributed by atoms with van der Waals surface area (Å²) in [5, 5.41) is 3.41. The molecule has 1 aliphatic heterocycles. The zero-order valence-electron chi connectivity index (χ0n) is 14.8. The fourth-order valence-corrected chi connectivity index (χ4v) is 3.50. The number of aryl methyl sites for hydroxylation is 2. The number of hydrogen-bond acceptors (Lipinski definition) is 4. The highest BCUT2D eigenvalue weighted by molar-refractivity contribution is 6.34. The van der Waals surface area contributed by atoms with Crippen LogP contribution in [0.2, 0.25) is 5.02 Å². The molecular formula is C19H23ClN4O. The predicted octanol–water partition coefficient (Wildman–Crippen LogP) is 4.24. The molecule has 0 radical (unpaired) electrons. The van der Waals surface area contributed by atoms with Crippen molar-refractivity contribution in [1.29, 1.82) is 0 Å².